The minimum atomic E-state index is -0.310. The molecule has 2 N–H and O–H groups in total. The number of aromatic nitrogens is 2. The third kappa shape index (κ3) is 4.19. The maximum absolute atomic E-state index is 11.8. The summed E-state index contributed by atoms with van der Waals surface area (Å²) in [7, 11) is 0. The predicted octanol–water partition coefficient (Wildman–Crippen LogP) is 1.10. The summed E-state index contributed by atoms with van der Waals surface area (Å²) in [4.78, 5) is 11.8. The Morgan fingerprint density at radius 2 is 2.35 bits per heavy atom. The van der Waals surface area contributed by atoms with Crippen LogP contribution in [0.4, 0.5) is 0 Å². The zero-order valence-corrected chi connectivity index (χ0v) is 10.7. The standard InChI is InChI=1S/C12H21N3O2/c1-4-15-11(8-9(2)14-15)12(17)13-7-5-6-10(3)16/h8,10,16H,4-7H2,1-3H3,(H,13,17). The molecule has 1 amide bonds. The second kappa shape index (κ2) is 6.39. The largest absolute Gasteiger partial charge is 0.393 e. The van der Waals surface area contributed by atoms with Gasteiger partial charge in [0.15, 0.2) is 0 Å². The topological polar surface area (TPSA) is 67.2 Å². The smallest absolute Gasteiger partial charge is 0.269 e. The molecule has 0 aliphatic rings. The number of aliphatic hydroxyl groups excluding tert-OH is 1. The molecule has 1 aromatic heterocycles. The van der Waals surface area contributed by atoms with Crippen LogP contribution < -0.4 is 5.32 Å². The Hall–Kier alpha value is -1.36. The van der Waals surface area contributed by atoms with Gasteiger partial charge in [-0.15, -0.1) is 0 Å². The molecular formula is C12H21N3O2. The Labute approximate surface area is 102 Å². The number of aryl methyl sites for hydroxylation is 2. The van der Waals surface area contributed by atoms with Gasteiger partial charge in [0.25, 0.3) is 5.91 Å². The molecule has 1 heterocycles. The lowest BCUT2D eigenvalue weighted by atomic mass is 10.2. The van der Waals surface area contributed by atoms with Crippen molar-refractivity contribution in [3.8, 4) is 0 Å². The number of amides is 1. The van der Waals surface area contributed by atoms with Crippen molar-refractivity contribution >= 4 is 5.91 Å². The lowest BCUT2D eigenvalue weighted by Crippen LogP contribution is -2.27. The van der Waals surface area contributed by atoms with Gasteiger partial charge in [-0.2, -0.15) is 5.10 Å². The van der Waals surface area contributed by atoms with E-state index >= 15 is 0 Å². The molecule has 0 fully saturated rings. The Bertz CT molecular complexity index is 372. The number of hydrogen-bond acceptors (Lipinski definition) is 3. The zero-order chi connectivity index (χ0) is 12.8. The van der Waals surface area contributed by atoms with Crippen LogP contribution >= 0.6 is 0 Å². The molecule has 96 valence electrons. The molecule has 0 aliphatic carbocycles. The van der Waals surface area contributed by atoms with E-state index in [4.69, 9.17) is 5.11 Å². The number of rotatable bonds is 6. The number of carbonyl (C=O) groups excluding carboxylic acids is 1. The van der Waals surface area contributed by atoms with Crippen molar-refractivity contribution in [2.75, 3.05) is 6.54 Å². The van der Waals surface area contributed by atoms with Crippen molar-refractivity contribution in [1.82, 2.24) is 15.1 Å². The Kier molecular flexibility index (Phi) is 5.15. The van der Waals surface area contributed by atoms with Gasteiger partial charge in [-0.3, -0.25) is 9.48 Å². The second-order valence-electron chi connectivity index (χ2n) is 4.23. The van der Waals surface area contributed by atoms with Crippen LogP contribution in [0, 0.1) is 6.92 Å². The maximum Gasteiger partial charge on any atom is 0.269 e. The average molecular weight is 239 g/mol. The quantitative estimate of drug-likeness (QED) is 0.731. The van der Waals surface area contributed by atoms with Crippen molar-refractivity contribution in [1.29, 1.82) is 0 Å². The van der Waals surface area contributed by atoms with E-state index in [9.17, 15) is 4.79 Å². The zero-order valence-electron chi connectivity index (χ0n) is 10.7. The van der Waals surface area contributed by atoms with Gasteiger partial charge in [0.1, 0.15) is 5.69 Å². The van der Waals surface area contributed by atoms with Crippen molar-refractivity contribution in [3.63, 3.8) is 0 Å². The first-order chi connectivity index (χ1) is 8.04. The van der Waals surface area contributed by atoms with Crippen LogP contribution in [0.5, 0.6) is 0 Å². The fraction of sp³-hybridized carbons (Fsp3) is 0.667. The fourth-order valence-electron chi connectivity index (χ4n) is 1.66. The van der Waals surface area contributed by atoms with Gasteiger partial charge < -0.3 is 10.4 Å². The van der Waals surface area contributed by atoms with Gasteiger partial charge in [-0.25, -0.2) is 0 Å². The molecule has 0 saturated heterocycles. The summed E-state index contributed by atoms with van der Waals surface area (Å²) in [5.41, 5.74) is 1.45. The third-order valence-electron chi connectivity index (χ3n) is 2.52. The molecular weight excluding hydrogens is 218 g/mol. The van der Waals surface area contributed by atoms with Crippen molar-refractivity contribution < 1.29 is 9.90 Å². The first-order valence-corrected chi connectivity index (χ1v) is 6.05. The van der Waals surface area contributed by atoms with E-state index in [0.29, 0.717) is 25.2 Å². The summed E-state index contributed by atoms with van der Waals surface area (Å²) in [5, 5.41) is 16.1. The minimum Gasteiger partial charge on any atom is -0.393 e. The molecule has 5 heteroatoms. The van der Waals surface area contributed by atoms with Gasteiger partial charge in [-0.1, -0.05) is 0 Å². The summed E-state index contributed by atoms with van der Waals surface area (Å²) in [6, 6.07) is 1.79. The monoisotopic (exact) mass is 239 g/mol. The van der Waals surface area contributed by atoms with Crippen LogP contribution in [0.2, 0.25) is 0 Å². The predicted molar refractivity (Wildman–Crippen MR) is 65.9 cm³/mol. The molecule has 0 saturated carbocycles. The summed E-state index contributed by atoms with van der Waals surface area (Å²) in [6.07, 6.45) is 1.17. The van der Waals surface area contributed by atoms with Gasteiger partial charge >= 0.3 is 0 Å². The SMILES string of the molecule is CCn1nc(C)cc1C(=O)NCCCC(C)O. The van der Waals surface area contributed by atoms with Gasteiger partial charge in [0.05, 0.1) is 11.8 Å². The van der Waals surface area contributed by atoms with Gasteiger partial charge in [0, 0.05) is 13.1 Å². The van der Waals surface area contributed by atoms with E-state index in [0.717, 1.165) is 12.1 Å². The van der Waals surface area contributed by atoms with Crippen molar-refractivity contribution in [3.05, 3.63) is 17.5 Å². The maximum atomic E-state index is 11.8. The summed E-state index contributed by atoms with van der Waals surface area (Å²) >= 11 is 0. The summed E-state index contributed by atoms with van der Waals surface area (Å²) in [5.74, 6) is -0.0990. The van der Waals surface area contributed by atoms with Crippen LogP contribution in [0.15, 0.2) is 6.07 Å². The van der Waals surface area contributed by atoms with Crippen LogP contribution in [0.25, 0.3) is 0 Å². The van der Waals surface area contributed by atoms with E-state index in [-0.39, 0.29) is 12.0 Å². The van der Waals surface area contributed by atoms with Gasteiger partial charge in [-0.05, 0) is 39.7 Å². The molecule has 0 aromatic carbocycles. The van der Waals surface area contributed by atoms with Crippen molar-refractivity contribution in [2.45, 2.75) is 46.3 Å². The molecule has 1 aromatic rings. The van der Waals surface area contributed by atoms with E-state index in [1.54, 1.807) is 17.7 Å². The van der Waals surface area contributed by atoms with Crippen LogP contribution in [-0.4, -0.2) is 33.4 Å². The molecule has 17 heavy (non-hydrogen) atoms. The van der Waals surface area contributed by atoms with Crippen LogP contribution in [0.1, 0.15) is 42.9 Å². The Balaban J connectivity index is 2.46. The second-order valence-corrected chi connectivity index (χ2v) is 4.23. The summed E-state index contributed by atoms with van der Waals surface area (Å²) < 4.78 is 1.69. The lowest BCUT2D eigenvalue weighted by Gasteiger charge is -2.07. The highest BCUT2D eigenvalue weighted by atomic mass is 16.3. The summed E-state index contributed by atoms with van der Waals surface area (Å²) in [6.45, 7) is 6.84. The number of carbonyl (C=O) groups is 1. The highest BCUT2D eigenvalue weighted by Gasteiger charge is 2.12. The number of nitrogens with zero attached hydrogens (tertiary/aromatic N) is 2. The molecule has 0 radical (unpaired) electrons. The first-order valence-electron chi connectivity index (χ1n) is 6.05. The molecule has 0 bridgehead atoms. The molecule has 1 rings (SSSR count). The van der Waals surface area contributed by atoms with Crippen LogP contribution in [0.3, 0.4) is 0 Å². The molecule has 0 spiro atoms. The van der Waals surface area contributed by atoms with E-state index in [2.05, 4.69) is 10.4 Å². The lowest BCUT2D eigenvalue weighted by molar-refractivity contribution is 0.0939. The first kappa shape index (κ1) is 13.7. The molecule has 1 atom stereocenters. The highest BCUT2D eigenvalue weighted by molar-refractivity contribution is 5.92. The van der Waals surface area contributed by atoms with E-state index in [1.165, 1.54) is 0 Å². The van der Waals surface area contributed by atoms with Crippen molar-refractivity contribution in [2.24, 2.45) is 0 Å². The Morgan fingerprint density at radius 1 is 1.65 bits per heavy atom. The number of hydrogen-bond donors (Lipinski definition) is 2. The average Bonchev–Trinajstić information content (AvgIpc) is 2.65. The minimum absolute atomic E-state index is 0.0990. The molecule has 5 nitrogen and oxygen atoms in total. The number of nitrogens with one attached hydrogen (secondary N) is 1. The fourth-order valence-corrected chi connectivity index (χ4v) is 1.66. The van der Waals surface area contributed by atoms with E-state index < -0.39 is 0 Å². The van der Waals surface area contributed by atoms with Gasteiger partial charge in [0.2, 0.25) is 0 Å². The normalized spacial score (nSPS) is 12.5. The Morgan fingerprint density at radius 3 is 2.94 bits per heavy atom. The third-order valence-corrected chi connectivity index (χ3v) is 2.52. The highest BCUT2D eigenvalue weighted by Crippen LogP contribution is 2.03. The van der Waals surface area contributed by atoms with E-state index in [1.807, 2.05) is 13.8 Å². The molecule has 0 aliphatic heterocycles. The van der Waals surface area contributed by atoms with Crippen LogP contribution in [-0.2, 0) is 6.54 Å². The molecule has 1 unspecified atom stereocenters. The number of aliphatic hydroxyl groups is 1.